The van der Waals surface area contributed by atoms with Crippen molar-refractivity contribution in [2.24, 2.45) is 4.99 Å². The van der Waals surface area contributed by atoms with Crippen LogP contribution in [0.1, 0.15) is 113 Å². The molecular weight excluding hydrogens is 1020 g/mol. The number of benzene rings is 3. The zero-order valence-electron chi connectivity index (χ0n) is 49.2. The van der Waals surface area contributed by atoms with Gasteiger partial charge in [-0.3, -0.25) is 34.3 Å². The zero-order chi connectivity index (χ0) is 58.7. The Kier molecular flexibility index (Phi) is 19.5. The van der Waals surface area contributed by atoms with Crippen molar-refractivity contribution in [3.63, 3.8) is 0 Å². The number of hydrogen-bond donors (Lipinski definition) is 6. The summed E-state index contributed by atoms with van der Waals surface area (Å²) in [6, 6.07) is 23.8. The monoisotopic (exact) mass is 1090 g/mol. The maximum atomic E-state index is 12.9. The van der Waals surface area contributed by atoms with Gasteiger partial charge in [0.25, 0.3) is 17.7 Å². The van der Waals surface area contributed by atoms with Gasteiger partial charge in [-0.05, 0) is 182 Å². The van der Waals surface area contributed by atoms with Crippen molar-refractivity contribution in [3.8, 4) is 33.4 Å². The van der Waals surface area contributed by atoms with E-state index in [-0.39, 0.29) is 17.7 Å². The Morgan fingerprint density at radius 3 is 1.17 bits per heavy atom. The second kappa shape index (κ2) is 26.6. The predicted molar refractivity (Wildman–Crippen MR) is 323 cm³/mol. The molecule has 5 aromatic heterocycles. The Morgan fingerprint density at radius 1 is 0.457 bits per heavy atom. The van der Waals surface area contributed by atoms with E-state index in [4.69, 9.17) is 9.05 Å². The summed E-state index contributed by atoms with van der Waals surface area (Å²) in [6.45, 7) is 25.2. The summed E-state index contributed by atoms with van der Waals surface area (Å²) in [6.07, 6.45) is 5.48. The lowest BCUT2D eigenvalue weighted by Gasteiger charge is -2.15. The van der Waals surface area contributed by atoms with E-state index in [1.54, 1.807) is 0 Å². The number of nitrogens with zero attached hydrogens (tertiary/aromatic N) is 6. The number of nitrogens with one attached hydrogen (secondary N) is 6. The molecule has 3 amide bonds. The molecule has 0 saturated carbocycles. The van der Waals surface area contributed by atoms with Gasteiger partial charge < -0.3 is 40.9 Å². The van der Waals surface area contributed by atoms with E-state index in [0.717, 1.165) is 125 Å². The van der Waals surface area contributed by atoms with Crippen LogP contribution in [0.2, 0.25) is 0 Å². The first-order valence-electron chi connectivity index (χ1n) is 26.9. The molecule has 0 bridgehead atoms. The summed E-state index contributed by atoms with van der Waals surface area (Å²) < 4.78 is 10.4. The number of amides is 3. The standard InChI is InChI=1S/C22H26N4O.2C21H24N4O2/c1-13-10-25-21(15(13)3)12-26-22(27)19-8-18(9-20(23-5)16(19)4)17-7-6-14(2)24-11-17;1-12-6-7-16(10-23-12)17-8-18(13(2)20(9-17)22-5)21(26)24-11-19-14(3)25-27-15(19)4;1-12-6-7-16(10-23-12)17-8-18(14(3)19(9-17)22-5)21(26)24-11-20-13(2)15(4)25-27-20/h6-9,11,23H,10,12H2,1-5H3,(H,26,27);2*6-10,22H,11H2,1-5H3,(H,24,26). The van der Waals surface area contributed by atoms with Gasteiger partial charge in [-0.25, -0.2) is 0 Å². The number of anilines is 3. The van der Waals surface area contributed by atoms with Crippen LogP contribution in [0.25, 0.3) is 33.4 Å². The first-order valence-corrected chi connectivity index (χ1v) is 26.9. The summed E-state index contributed by atoms with van der Waals surface area (Å²) in [5, 5.41) is 26.3. The number of aryl methyl sites for hydroxylation is 6. The fourth-order valence-electron chi connectivity index (χ4n) is 9.09. The molecule has 0 spiro atoms. The highest BCUT2D eigenvalue weighted by molar-refractivity contribution is 6.07. The Morgan fingerprint density at radius 2 is 0.852 bits per heavy atom. The van der Waals surface area contributed by atoms with Gasteiger partial charge in [0.05, 0.1) is 36.7 Å². The molecule has 0 atom stereocenters. The Hall–Kier alpha value is -9.25. The summed E-state index contributed by atoms with van der Waals surface area (Å²) in [7, 11) is 5.57. The second-order valence-electron chi connectivity index (χ2n) is 20.2. The minimum Gasteiger partial charge on any atom is -0.388 e. The van der Waals surface area contributed by atoms with Crippen LogP contribution >= 0.6 is 0 Å². The maximum Gasteiger partial charge on any atom is 0.252 e. The molecule has 8 aromatic rings. The van der Waals surface area contributed by atoms with Crippen molar-refractivity contribution >= 4 is 40.5 Å². The number of pyridine rings is 3. The summed E-state index contributed by atoms with van der Waals surface area (Å²) in [5.74, 6) is 1.02. The highest BCUT2D eigenvalue weighted by atomic mass is 16.5. The lowest BCUT2D eigenvalue weighted by Crippen LogP contribution is -2.30. The quantitative estimate of drug-likeness (QED) is 0.0562. The highest BCUT2D eigenvalue weighted by Crippen LogP contribution is 2.32. The third kappa shape index (κ3) is 14.3. The average molecular weight is 1090 g/mol. The number of hydrogen-bond acceptors (Lipinski definition) is 14. The maximum absolute atomic E-state index is 12.9. The van der Waals surface area contributed by atoms with Crippen LogP contribution in [-0.4, -0.2) is 82.9 Å². The van der Waals surface area contributed by atoms with Crippen molar-refractivity contribution < 1.29 is 23.4 Å². The molecule has 0 saturated heterocycles. The molecule has 17 heteroatoms. The van der Waals surface area contributed by atoms with E-state index in [2.05, 4.69) is 82.1 Å². The third-order valence-electron chi connectivity index (χ3n) is 14.8. The van der Waals surface area contributed by atoms with Gasteiger partial charge in [0.15, 0.2) is 5.76 Å². The molecule has 17 nitrogen and oxygen atoms in total. The number of carbonyl (C=O) groups is 3. The van der Waals surface area contributed by atoms with Crippen molar-refractivity contribution in [2.75, 3.05) is 50.2 Å². The van der Waals surface area contributed by atoms with Crippen LogP contribution < -0.4 is 31.9 Å². The van der Waals surface area contributed by atoms with Gasteiger partial charge in [0.1, 0.15) is 5.76 Å². The smallest absolute Gasteiger partial charge is 0.252 e. The fourth-order valence-corrected chi connectivity index (χ4v) is 9.09. The second-order valence-corrected chi connectivity index (χ2v) is 20.2. The van der Waals surface area contributed by atoms with E-state index in [1.807, 2.05) is 176 Å². The molecule has 3 aromatic carbocycles. The molecule has 9 rings (SSSR count). The number of rotatable bonds is 15. The number of aromatic nitrogens is 5. The first kappa shape index (κ1) is 59.4. The van der Waals surface area contributed by atoms with E-state index in [9.17, 15) is 14.4 Å². The van der Waals surface area contributed by atoms with Gasteiger partial charge in [-0.1, -0.05) is 28.5 Å². The number of carbonyl (C=O) groups excluding carboxylic acids is 3. The molecule has 420 valence electrons. The molecule has 6 heterocycles. The molecule has 0 unspecified atom stereocenters. The summed E-state index contributed by atoms with van der Waals surface area (Å²) >= 11 is 0. The SMILES string of the molecule is CNc1cc(-c2ccc(C)nc2)cc(C(=O)NCC2=NCC(C)=C2C)c1C.CNc1cc(-c2ccc(C)nc2)cc(C(=O)NCc2c(C)noc2C)c1C.CNc1cc(-c2ccc(C)nc2)cc(C(=O)NCc2onc(C)c2C)c1C. The van der Waals surface area contributed by atoms with E-state index in [0.29, 0.717) is 42.1 Å². The number of aliphatic imine (C=N–C) groups is 1. The largest absolute Gasteiger partial charge is 0.388 e. The zero-order valence-corrected chi connectivity index (χ0v) is 49.2. The molecular formula is C64H74N12O5. The Labute approximate surface area is 475 Å². The molecule has 81 heavy (non-hydrogen) atoms. The minimum absolute atomic E-state index is 0.0917. The van der Waals surface area contributed by atoms with Crippen LogP contribution in [0.4, 0.5) is 17.1 Å². The average Bonchev–Trinajstić information content (AvgIpc) is 4.10. The lowest BCUT2D eigenvalue weighted by atomic mass is 9.98. The van der Waals surface area contributed by atoms with E-state index >= 15 is 0 Å². The molecule has 0 radical (unpaired) electrons. The summed E-state index contributed by atoms with van der Waals surface area (Å²) in [4.78, 5) is 56.2. The van der Waals surface area contributed by atoms with Crippen molar-refractivity contribution in [1.82, 2.24) is 41.2 Å². The van der Waals surface area contributed by atoms with Gasteiger partial charge >= 0.3 is 0 Å². The Bertz CT molecular complexity index is 3630. The highest BCUT2D eigenvalue weighted by Gasteiger charge is 2.21. The van der Waals surface area contributed by atoms with Crippen molar-refractivity contribution in [3.05, 3.63) is 187 Å². The summed E-state index contributed by atoms with van der Waals surface area (Å²) in [5.41, 5.74) is 22.9. The molecule has 0 fully saturated rings. The van der Waals surface area contributed by atoms with Gasteiger partial charge in [0, 0.05) is 125 Å². The van der Waals surface area contributed by atoms with Crippen LogP contribution in [0.3, 0.4) is 0 Å². The minimum atomic E-state index is -0.153. The normalized spacial score (nSPS) is 11.7. The molecule has 6 N–H and O–H groups in total. The fraction of sp³-hybridized carbons (Fsp3) is 0.297. The van der Waals surface area contributed by atoms with Crippen LogP contribution in [0.5, 0.6) is 0 Å². The predicted octanol–water partition coefficient (Wildman–Crippen LogP) is 11.8. The van der Waals surface area contributed by atoms with Gasteiger partial charge in [-0.2, -0.15) is 0 Å². The van der Waals surface area contributed by atoms with Crippen molar-refractivity contribution in [1.29, 1.82) is 0 Å². The van der Waals surface area contributed by atoms with Crippen LogP contribution in [-0.2, 0) is 13.1 Å². The molecule has 1 aliphatic rings. The van der Waals surface area contributed by atoms with Gasteiger partial charge in [0.2, 0.25) is 0 Å². The first-order chi connectivity index (χ1) is 38.7. The molecule has 1 aliphatic heterocycles. The topological polar surface area (TPSA) is 226 Å². The van der Waals surface area contributed by atoms with Crippen molar-refractivity contribution in [2.45, 2.75) is 96.2 Å². The van der Waals surface area contributed by atoms with Crippen LogP contribution in [0.15, 0.2) is 117 Å². The third-order valence-corrected chi connectivity index (χ3v) is 14.8. The van der Waals surface area contributed by atoms with Crippen LogP contribution in [0, 0.1) is 69.2 Å². The Balaban J connectivity index is 0.000000175. The molecule has 0 aliphatic carbocycles. The lowest BCUT2D eigenvalue weighted by molar-refractivity contribution is 0.0940. The van der Waals surface area contributed by atoms with E-state index < -0.39 is 0 Å². The van der Waals surface area contributed by atoms with E-state index in [1.165, 1.54) is 11.1 Å². The van der Waals surface area contributed by atoms with Gasteiger partial charge in [-0.15, -0.1) is 0 Å².